The molecule has 3 aromatic rings. The number of carbonyl (C=O) groups is 18. The van der Waals surface area contributed by atoms with Crippen LogP contribution in [0.5, 0.6) is 5.75 Å². The van der Waals surface area contributed by atoms with Crippen molar-refractivity contribution in [3.63, 3.8) is 0 Å². The Morgan fingerprint density at radius 2 is 1.19 bits per heavy atom. The fraction of sp³-hybridized carbons (Fsp3) is 0.571. The Labute approximate surface area is 708 Å². The molecule has 1 aliphatic rings. The van der Waals surface area contributed by atoms with E-state index >= 15 is 4.79 Å². The number of likely N-dealkylation sites (N-methyl/N-ethyl adjacent to an activating group) is 1. The minimum Gasteiger partial charge on any atom is -0.508 e. The number of nitrogens with zero attached hydrogens (tertiary/aromatic N) is 3. The number of carbonyl (C=O) groups excluding carboxylic acids is 12. The normalized spacial score (nSPS) is 15.5. The number of nitrogens with one attached hydrogen (secondary N) is 10. The SMILES string of the molecule is CCCC(=O)OCN(C(=O)[C@@H](NC(=O)[C@H]1CCCCN1C)C(C)CC)[C@H](C[C@@H](OC(C)=O)c1nc(C(=O)N[C@@H](Cc2ccc(O)cc2)C[C@H](C)C(=O)NNC(=O)OCCSSC[C@@H](NC(=O)[C@@H](Cc2ccccc2)NC(=O)[C@H](CC(=O)O)NC(=O)CC[C@H](NC(=O)CC[C@H](NC(=O)N[C@@H](CCC(=O)O)C(=O)O)C(=O)O)C(=O)O)C(=O)O)cs1)C(C)C. The number of piperidine rings is 1. The summed E-state index contributed by atoms with van der Waals surface area (Å²) in [6, 6.07) is -1.12. The number of carboxylic acid groups (broad SMARTS) is 6. The first-order valence-corrected chi connectivity index (χ1v) is 42.4. The summed E-state index contributed by atoms with van der Waals surface area (Å²) in [6.07, 6.45) is -4.42. The van der Waals surface area contributed by atoms with E-state index in [2.05, 4.69) is 47.7 Å². The summed E-state index contributed by atoms with van der Waals surface area (Å²) in [6.45, 7) is 11.8. The van der Waals surface area contributed by atoms with E-state index in [9.17, 15) is 112 Å². The van der Waals surface area contributed by atoms with Crippen molar-refractivity contribution in [2.24, 2.45) is 17.8 Å². The van der Waals surface area contributed by atoms with Gasteiger partial charge in [0.15, 0.2) is 12.8 Å². The second-order valence-corrected chi connectivity index (χ2v) is 32.6. The molecule has 1 unspecified atom stereocenters. The number of urea groups is 1. The highest BCUT2D eigenvalue weighted by Gasteiger charge is 2.41. The molecular formula is C77H109N13O28S3. The highest BCUT2D eigenvalue weighted by atomic mass is 33.1. The Morgan fingerprint density at radius 1 is 0.612 bits per heavy atom. The Balaban J connectivity index is 1.36. The van der Waals surface area contributed by atoms with Crippen molar-refractivity contribution in [2.75, 3.05) is 38.4 Å². The lowest BCUT2D eigenvalue weighted by molar-refractivity contribution is -0.161. The summed E-state index contributed by atoms with van der Waals surface area (Å²) >= 11 is 1.000. The number of hydrazine groups is 1. The number of hydrogen-bond acceptors (Lipinski definition) is 27. The zero-order valence-electron chi connectivity index (χ0n) is 68.2. The van der Waals surface area contributed by atoms with Gasteiger partial charge < -0.3 is 97.4 Å². The maximum absolute atomic E-state index is 15.0. The lowest BCUT2D eigenvalue weighted by Gasteiger charge is -2.39. The van der Waals surface area contributed by atoms with Crippen LogP contribution in [0.1, 0.15) is 178 Å². The van der Waals surface area contributed by atoms with Crippen LogP contribution in [0.3, 0.4) is 0 Å². The number of rotatable bonds is 53. The van der Waals surface area contributed by atoms with Gasteiger partial charge in [0.1, 0.15) is 65.4 Å². The maximum atomic E-state index is 15.0. The number of phenols is 1. The molecule has 1 fully saturated rings. The second-order valence-electron chi connectivity index (χ2n) is 29.1. The minimum absolute atomic E-state index is 0.0217. The number of benzene rings is 2. The zero-order valence-corrected chi connectivity index (χ0v) is 70.6. The molecule has 121 heavy (non-hydrogen) atoms. The van der Waals surface area contributed by atoms with E-state index in [0.29, 0.717) is 36.9 Å². The number of likely N-dealkylation sites (tertiary alicyclic amines) is 1. The van der Waals surface area contributed by atoms with Crippen LogP contribution in [0, 0.1) is 17.8 Å². The number of thiazole rings is 1. The quantitative estimate of drug-likeness (QED) is 0.00964. The lowest BCUT2D eigenvalue weighted by atomic mass is 9.92. The van der Waals surface area contributed by atoms with Gasteiger partial charge >= 0.3 is 59.9 Å². The number of amides is 11. The molecule has 17 N–H and O–H groups in total. The van der Waals surface area contributed by atoms with Crippen LogP contribution < -0.4 is 53.4 Å². The summed E-state index contributed by atoms with van der Waals surface area (Å²) in [4.78, 5) is 241. The Kier molecular flexibility index (Phi) is 44.3. The molecule has 2 heterocycles. The first-order chi connectivity index (χ1) is 57.2. The molecule has 1 aromatic heterocycles. The van der Waals surface area contributed by atoms with Gasteiger partial charge in [-0.3, -0.25) is 67.9 Å². The van der Waals surface area contributed by atoms with E-state index in [1.165, 1.54) is 36.3 Å². The van der Waals surface area contributed by atoms with Crippen molar-refractivity contribution < 1.29 is 136 Å². The van der Waals surface area contributed by atoms with Gasteiger partial charge in [0, 0.05) is 80.3 Å². The molecule has 0 bridgehead atoms. The fourth-order valence-electron chi connectivity index (χ4n) is 12.3. The van der Waals surface area contributed by atoms with Gasteiger partial charge in [-0.25, -0.2) is 39.2 Å². The Morgan fingerprint density at radius 3 is 1.75 bits per heavy atom. The van der Waals surface area contributed by atoms with E-state index in [1.54, 1.807) is 49.4 Å². The largest absolute Gasteiger partial charge is 0.508 e. The van der Waals surface area contributed by atoms with Crippen molar-refractivity contribution in [3.05, 3.63) is 81.8 Å². The van der Waals surface area contributed by atoms with Crippen LogP contribution in [0.25, 0.3) is 0 Å². The molecule has 44 heteroatoms. The molecule has 1 aliphatic heterocycles. The van der Waals surface area contributed by atoms with Gasteiger partial charge in [-0.2, -0.15) is 0 Å². The highest BCUT2D eigenvalue weighted by Crippen LogP contribution is 2.33. The average molecular weight is 1760 g/mol. The van der Waals surface area contributed by atoms with Crippen LogP contribution in [0.15, 0.2) is 60.0 Å². The third-order valence-corrected chi connectivity index (χ3v) is 22.4. The van der Waals surface area contributed by atoms with Crippen molar-refractivity contribution in [3.8, 4) is 5.75 Å². The number of hydrogen-bond donors (Lipinski definition) is 17. The number of ether oxygens (including phenoxy) is 3. The van der Waals surface area contributed by atoms with Gasteiger partial charge in [0.25, 0.3) is 5.91 Å². The van der Waals surface area contributed by atoms with Gasteiger partial charge in [0.05, 0.1) is 12.5 Å². The van der Waals surface area contributed by atoms with Crippen molar-refractivity contribution in [1.29, 1.82) is 0 Å². The molecular weight excluding hydrogens is 1650 g/mol. The van der Waals surface area contributed by atoms with Crippen LogP contribution in [-0.4, -0.2) is 257 Å². The highest BCUT2D eigenvalue weighted by molar-refractivity contribution is 8.76. The number of aromatic nitrogens is 1. The minimum atomic E-state index is -1.95. The molecule has 4 rings (SSSR count). The summed E-state index contributed by atoms with van der Waals surface area (Å²) in [5, 5.41) is 87.8. The Bertz CT molecular complexity index is 4050. The molecule has 0 spiro atoms. The summed E-state index contributed by atoms with van der Waals surface area (Å²) in [7, 11) is 3.78. The summed E-state index contributed by atoms with van der Waals surface area (Å²) in [5.41, 5.74) is 5.39. The van der Waals surface area contributed by atoms with Crippen LogP contribution >= 0.6 is 32.9 Å². The molecule has 13 atom stereocenters. The average Bonchev–Trinajstić information content (AvgIpc) is 1.78. The predicted octanol–water partition coefficient (Wildman–Crippen LogP) is 2.97. The third kappa shape index (κ3) is 37.4. The van der Waals surface area contributed by atoms with Gasteiger partial charge in [-0.15, -0.1) is 11.3 Å². The van der Waals surface area contributed by atoms with Crippen LogP contribution in [-0.2, 0) is 99.0 Å². The van der Waals surface area contributed by atoms with Gasteiger partial charge in [-0.05, 0) is 100 Å². The van der Waals surface area contributed by atoms with Crippen molar-refractivity contribution in [2.45, 2.75) is 224 Å². The molecule has 41 nitrogen and oxygen atoms in total. The Hall–Kier alpha value is -11.4. The smallest absolute Gasteiger partial charge is 0.426 e. The molecule has 1 saturated heterocycles. The molecule has 2 aromatic carbocycles. The van der Waals surface area contributed by atoms with Crippen LogP contribution in [0.2, 0.25) is 0 Å². The predicted molar refractivity (Wildman–Crippen MR) is 434 cm³/mol. The standard InChI is InChI=1S/C77H109N13O28S3/c1-9-16-63(99)117-40-90(71(105)64(42(5)10-2)86-69(104)56-19-14-15-30-89(56)8)57(41(3)4)37-58(118-44(7)91)70-83-54(38-119-70)68(103)78-47(34-46-20-22-48(92)23-21-46)33-43(6)65(100)87-88-77(115)116-31-32-120-121-39-55(75(112)113)82-66(101)52(35-45-17-12-11-13-18-45)81-67(102)53(36-62(97)98)80-60(94)27-24-49(72(106)107)79-59(93)28-25-50(73(108)109)84-76(114)85-51(74(110)111)26-29-61(95)96/h11-13,17-18,20-23,38,41-43,47,49-53,55-58,64,92H,9-10,14-16,19,24-37,39-40H2,1-8H3,(H,78,103)(H,79,93)(H,80,94)(H,81,102)(H,82,101)(H,86,104)(H,87,100)(H,88,115)(H,95,96)(H,97,98)(H,106,107)(H,108,109)(H,110,111)(H,112,113)(H2,84,85,114)/t42?,43-,47+,49-,50-,51-,52+,53-,55+,56+,57+,58+,64-/m0/s1. The lowest BCUT2D eigenvalue weighted by Crippen LogP contribution is -2.59. The van der Waals surface area contributed by atoms with E-state index < -0.39 is 225 Å². The zero-order chi connectivity index (χ0) is 90.2. The first-order valence-electron chi connectivity index (χ1n) is 39.0. The number of esters is 2. The summed E-state index contributed by atoms with van der Waals surface area (Å²) < 4.78 is 16.8. The summed E-state index contributed by atoms with van der Waals surface area (Å²) in [5.74, 6) is -19.6. The van der Waals surface area contributed by atoms with E-state index in [-0.39, 0.29) is 84.4 Å². The van der Waals surface area contributed by atoms with Crippen molar-refractivity contribution >= 4 is 140 Å². The molecule has 668 valence electrons. The van der Waals surface area contributed by atoms with E-state index in [4.69, 9.17) is 19.3 Å². The third-order valence-electron chi connectivity index (χ3n) is 19.1. The second kappa shape index (κ2) is 52.6. The number of phenolic OH excluding ortho intramolecular Hbond substituents is 1. The van der Waals surface area contributed by atoms with E-state index in [0.717, 1.165) is 45.8 Å². The van der Waals surface area contributed by atoms with Crippen molar-refractivity contribution in [1.82, 2.24) is 68.2 Å². The number of carboxylic acids is 6. The number of aliphatic carboxylic acids is 6. The molecule has 0 radical (unpaired) electrons. The first kappa shape index (κ1) is 102. The molecule has 11 amide bonds. The van der Waals surface area contributed by atoms with Crippen LogP contribution in [0.4, 0.5) is 9.59 Å². The maximum Gasteiger partial charge on any atom is 0.426 e. The fourth-order valence-corrected chi connectivity index (χ4v) is 15.2. The topological polar surface area (TPSA) is 616 Å². The van der Waals surface area contributed by atoms with Gasteiger partial charge in [-0.1, -0.05) is 118 Å². The molecule has 0 aliphatic carbocycles. The van der Waals surface area contributed by atoms with E-state index in [1.807, 2.05) is 50.3 Å². The number of aromatic hydroxyl groups is 1. The molecule has 0 saturated carbocycles. The monoisotopic (exact) mass is 1760 g/mol. The van der Waals surface area contributed by atoms with Gasteiger partial charge in [0.2, 0.25) is 41.4 Å².